The van der Waals surface area contributed by atoms with E-state index < -0.39 is 18.1 Å². The molecular weight excluding hydrogens is 332 g/mol. The number of hydrogen-bond donors (Lipinski definition) is 3. The van der Waals surface area contributed by atoms with Gasteiger partial charge in [-0.3, -0.25) is 14.4 Å². The van der Waals surface area contributed by atoms with Gasteiger partial charge in [0.05, 0.1) is 0 Å². The molecule has 2 aromatic carbocycles. The molecule has 5 N–H and O–H groups in total. The van der Waals surface area contributed by atoms with Crippen molar-refractivity contribution in [2.24, 2.45) is 11.5 Å². The van der Waals surface area contributed by atoms with Crippen molar-refractivity contribution in [1.82, 2.24) is 0 Å². The highest BCUT2D eigenvalue weighted by molar-refractivity contribution is 6.28. The van der Waals surface area contributed by atoms with E-state index in [1.54, 1.807) is 42.5 Å². The van der Waals surface area contributed by atoms with E-state index in [-0.39, 0.29) is 11.6 Å². The topological polar surface area (TPSA) is 123 Å². The molecule has 1 unspecified atom stereocenters. The zero-order valence-electron chi connectivity index (χ0n) is 14.1. The molecule has 134 valence electrons. The second-order valence-corrected chi connectivity index (χ2v) is 6.46. The van der Waals surface area contributed by atoms with Crippen molar-refractivity contribution >= 4 is 17.5 Å². The van der Waals surface area contributed by atoms with Crippen LogP contribution in [-0.2, 0) is 4.79 Å². The van der Waals surface area contributed by atoms with Gasteiger partial charge in [0.2, 0.25) is 0 Å². The Kier molecular flexibility index (Phi) is 4.97. The van der Waals surface area contributed by atoms with Gasteiger partial charge in [-0.25, -0.2) is 0 Å². The van der Waals surface area contributed by atoms with Crippen LogP contribution in [0.4, 0.5) is 0 Å². The van der Waals surface area contributed by atoms with Crippen LogP contribution in [0.15, 0.2) is 42.5 Å². The van der Waals surface area contributed by atoms with Crippen molar-refractivity contribution < 1.29 is 19.5 Å². The van der Waals surface area contributed by atoms with Gasteiger partial charge in [0.1, 0.15) is 6.04 Å². The number of carboxylic acids is 1. The number of benzene rings is 2. The molecule has 0 radical (unpaired) electrons. The Morgan fingerprint density at radius 3 is 2.15 bits per heavy atom. The first kappa shape index (κ1) is 18.0. The predicted molar refractivity (Wildman–Crippen MR) is 96.1 cm³/mol. The average molecular weight is 352 g/mol. The van der Waals surface area contributed by atoms with E-state index in [2.05, 4.69) is 0 Å². The molecule has 26 heavy (non-hydrogen) atoms. The molecule has 1 aliphatic carbocycles. The molecule has 2 atom stereocenters. The lowest BCUT2D eigenvalue weighted by atomic mass is 9.80. The zero-order valence-corrected chi connectivity index (χ0v) is 14.1. The quantitative estimate of drug-likeness (QED) is 0.624. The van der Waals surface area contributed by atoms with Crippen molar-refractivity contribution in [3.8, 4) is 0 Å². The fourth-order valence-corrected chi connectivity index (χ4v) is 3.32. The Morgan fingerprint density at radius 2 is 1.50 bits per heavy atom. The van der Waals surface area contributed by atoms with Gasteiger partial charge in [-0.2, -0.15) is 0 Å². The highest BCUT2D eigenvalue weighted by Crippen LogP contribution is 2.32. The van der Waals surface area contributed by atoms with E-state index >= 15 is 0 Å². The first-order valence-corrected chi connectivity index (χ1v) is 8.47. The molecule has 0 bridgehead atoms. The lowest BCUT2D eigenvalue weighted by Gasteiger charge is -2.23. The third-order valence-electron chi connectivity index (χ3n) is 4.73. The second kappa shape index (κ2) is 7.19. The molecule has 0 spiro atoms. The van der Waals surface area contributed by atoms with E-state index in [4.69, 9.17) is 16.6 Å². The third-order valence-corrected chi connectivity index (χ3v) is 4.73. The number of fused-ring (bicyclic) bond motifs is 2. The normalized spacial score (nSPS) is 15.2. The molecule has 0 heterocycles. The summed E-state index contributed by atoms with van der Waals surface area (Å²) in [7, 11) is 0. The summed E-state index contributed by atoms with van der Waals surface area (Å²) in [6, 6.07) is 10.5. The van der Waals surface area contributed by atoms with Crippen LogP contribution in [0.25, 0.3) is 0 Å². The monoisotopic (exact) mass is 352 g/mol. The van der Waals surface area contributed by atoms with Crippen molar-refractivity contribution in [3.05, 3.63) is 70.3 Å². The van der Waals surface area contributed by atoms with Gasteiger partial charge >= 0.3 is 5.97 Å². The molecule has 0 aromatic heterocycles. The molecule has 1 aliphatic rings. The largest absolute Gasteiger partial charge is 0.480 e. The Balaban J connectivity index is 1.88. The fraction of sp³-hybridized carbons (Fsp3) is 0.250. The van der Waals surface area contributed by atoms with Gasteiger partial charge in [-0.05, 0) is 24.8 Å². The Morgan fingerprint density at radius 1 is 0.885 bits per heavy atom. The minimum atomic E-state index is -1.05. The standard InChI is InChI=1S/C20H20N2O4/c21-15(9-4-10-16(22)20(25)26)13-7-3-8-14-17(13)19(24)12-6-2-1-5-11(12)18(14)23/h1-3,5-8,15-16H,4,9-10,21-22H2,(H,25,26)/t15?,16-/m0/s1. The lowest BCUT2D eigenvalue weighted by molar-refractivity contribution is -0.138. The van der Waals surface area contributed by atoms with E-state index in [1.165, 1.54) is 0 Å². The van der Waals surface area contributed by atoms with Crippen molar-refractivity contribution in [2.75, 3.05) is 0 Å². The van der Waals surface area contributed by atoms with Crippen molar-refractivity contribution in [3.63, 3.8) is 0 Å². The van der Waals surface area contributed by atoms with Crippen molar-refractivity contribution in [1.29, 1.82) is 0 Å². The van der Waals surface area contributed by atoms with Gasteiger partial charge in [0.15, 0.2) is 11.6 Å². The Labute approximate surface area is 150 Å². The van der Waals surface area contributed by atoms with Gasteiger partial charge < -0.3 is 16.6 Å². The molecule has 0 fully saturated rings. The molecule has 2 aromatic rings. The Hall–Kier alpha value is -2.83. The molecule has 0 saturated heterocycles. The maximum atomic E-state index is 12.9. The summed E-state index contributed by atoms with van der Waals surface area (Å²) >= 11 is 0. The van der Waals surface area contributed by atoms with Crippen LogP contribution in [0.3, 0.4) is 0 Å². The minimum absolute atomic E-state index is 0.183. The lowest BCUT2D eigenvalue weighted by Crippen LogP contribution is -2.30. The summed E-state index contributed by atoms with van der Waals surface area (Å²) in [5.74, 6) is -1.44. The summed E-state index contributed by atoms with van der Waals surface area (Å²) in [6.45, 7) is 0. The smallest absolute Gasteiger partial charge is 0.320 e. The summed E-state index contributed by atoms with van der Waals surface area (Å²) in [6.07, 6.45) is 1.28. The van der Waals surface area contributed by atoms with Crippen LogP contribution in [0.5, 0.6) is 0 Å². The van der Waals surface area contributed by atoms with Crippen LogP contribution in [0.2, 0.25) is 0 Å². The molecular formula is C20H20N2O4. The summed E-state index contributed by atoms with van der Waals surface area (Å²) in [5.41, 5.74) is 13.9. The number of hydrogen-bond acceptors (Lipinski definition) is 5. The SMILES string of the molecule is NC(CCC[C@H](N)C(=O)O)c1cccc2c1C(=O)c1ccccc1C2=O. The molecule has 0 aliphatic heterocycles. The summed E-state index contributed by atoms with van der Waals surface area (Å²) < 4.78 is 0. The van der Waals surface area contributed by atoms with E-state index in [1.807, 2.05) is 0 Å². The van der Waals surface area contributed by atoms with Gasteiger partial charge in [0, 0.05) is 28.3 Å². The highest BCUT2D eigenvalue weighted by Gasteiger charge is 2.32. The number of aliphatic carboxylic acids is 1. The number of carbonyl (C=O) groups excluding carboxylic acids is 2. The number of rotatable bonds is 6. The van der Waals surface area contributed by atoms with Gasteiger partial charge in [-0.1, -0.05) is 42.5 Å². The van der Waals surface area contributed by atoms with Crippen LogP contribution >= 0.6 is 0 Å². The predicted octanol–water partition coefficient (Wildman–Crippen LogP) is 2.04. The fourth-order valence-electron chi connectivity index (χ4n) is 3.32. The highest BCUT2D eigenvalue weighted by atomic mass is 16.4. The van der Waals surface area contributed by atoms with Crippen LogP contribution in [-0.4, -0.2) is 28.7 Å². The molecule has 3 rings (SSSR count). The summed E-state index contributed by atoms with van der Waals surface area (Å²) in [4.78, 5) is 36.5. The number of ketones is 2. The van der Waals surface area contributed by atoms with Gasteiger partial charge in [0.25, 0.3) is 0 Å². The first-order chi connectivity index (χ1) is 12.4. The first-order valence-electron chi connectivity index (χ1n) is 8.47. The second-order valence-electron chi connectivity index (χ2n) is 6.46. The number of carbonyl (C=O) groups is 3. The maximum Gasteiger partial charge on any atom is 0.320 e. The van der Waals surface area contributed by atoms with E-state index in [0.29, 0.717) is 47.1 Å². The maximum absolute atomic E-state index is 12.9. The zero-order chi connectivity index (χ0) is 18.8. The van der Waals surface area contributed by atoms with Crippen LogP contribution in [0, 0.1) is 0 Å². The van der Waals surface area contributed by atoms with Crippen LogP contribution < -0.4 is 11.5 Å². The van der Waals surface area contributed by atoms with Gasteiger partial charge in [-0.15, -0.1) is 0 Å². The average Bonchev–Trinajstić information content (AvgIpc) is 2.65. The molecule has 0 amide bonds. The van der Waals surface area contributed by atoms with E-state index in [9.17, 15) is 14.4 Å². The molecule has 6 nitrogen and oxygen atoms in total. The minimum Gasteiger partial charge on any atom is -0.480 e. The van der Waals surface area contributed by atoms with E-state index in [0.717, 1.165) is 0 Å². The number of carboxylic acid groups (broad SMARTS) is 1. The molecule has 6 heteroatoms. The number of nitrogens with two attached hydrogens (primary N) is 2. The van der Waals surface area contributed by atoms with Crippen LogP contribution in [0.1, 0.15) is 62.7 Å². The third kappa shape index (κ3) is 3.16. The van der Waals surface area contributed by atoms with Crippen molar-refractivity contribution in [2.45, 2.75) is 31.3 Å². The Bertz CT molecular complexity index is 891. The molecule has 0 saturated carbocycles. The summed E-state index contributed by atoms with van der Waals surface area (Å²) in [5, 5.41) is 8.84.